The monoisotopic (exact) mass is 383 g/mol. The van der Waals surface area contributed by atoms with Crippen LogP contribution < -0.4 is 5.73 Å². The second-order valence-corrected chi connectivity index (χ2v) is 7.82. The Balaban J connectivity index is 1.33. The fraction of sp³-hybridized carbons (Fsp3) is 0.364. The second kappa shape index (κ2) is 6.95. The van der Waals surface area contributed by atoms with E-state index >= 15 is 0 Å². The molecule has 6 heteroatoms. The van der Waals surface area contributed by atoms with Gasteiger partial charge in [0, 0.05) is 53.8 Å². The highest BCUT2D eigenvalue weighted by Gasteiger charge is 2.36. The normalized spacial score (nSPS) is 25.8. The van der Waals surface area contributed by atoms with E-state index < -0.39 is 17.7 Å². The number of para-hydroxylation sites is 1. The van der Waals surface area contributed by atoms with Crippen LogP contribution in [0.4, 0.5) is 8.78 Å². The zero-order chi connectivity index (χ0) is 19.3. The largest absolute Gasteiger partial charge is 0.370 e. The molecule has 0 amide bonds. The van der Waals surface area contributed by atoms with E-state index in [9.17, 15) is 8.78 Å². The Morgan fingerprint density at radius 3 is 2.86 bits per heavy atom. The van der Waals surface area contributed by atoms with Crippen molar-refractivity contribution >= 4 is 10.9 Å². The summed E-state index contributed by atoms with van der Waals surface area (Å²) in [4.78, 5) is 5.93. The summed E-state index contributed by atoms with van der Waals surface area (Å²) in [5.74, 6) is -0.945. The summed E-state index contributed by atoms with van der Waals surface area (Å²) >= 11 is 0. The van der Waals surface area contributed by atoms with E-state index in [0.717, 1.165) is 31.6 Å². The van der Waals surface area contributed by atoms with Gasteiger partial charge < -0.3 is 15.5 Å². The van der Waals surface area contributed by atoms with Gasteiger partial charge in [0.15, 0.2) is 0 Å². The number of nitrogens with one attached hydrogen (secondary N) is 1. The molecule has 0 bridgehead atoms. The van der Waals surface area contributed by atoms with Crippen molar-refractivity contribution in [2.75, 3.05) is 13.2 Å². The van der Waals surface area contributed by atoms with Crippen molar-refractivity contribution in [3.63, 3.8) is 0 Å². The molecule has 4 nitrogen and oxygen atoms in total. The molecule has 1 aromatic heterocycles. The van der Waals surface area contributed by atoms with Crippen molar-refractivity contribution < 1.29 is 13.5 Å². The van der Waals surface area contributed by atoms with Crippen molar-refractivity contribution in [1.82, 2.24) is 9.88 Å². The summed E-state index contributed by atoms with van der Waals surface area (Å²) in [5, 5.41) is 1.27. The average Bonchev–Trinajstić information content (AvgIpc) is 3.08. The van der Waals surface area contributed by atoms with E-state index in [4.69, 9.17) is 10.5 Å². The number of halogens is 2. The van der Waals surface area contributed by atoms with E-state index in [1.165, 1.54) is 28.2 Å². The van der Waals surface area contributed by atoms with Crippen molar-refractivity contribution in [3.8, 4) is 0 Å². The predicted octanol–water partition coefficient (Wildman–Crippen LogP) is 3.66. The Bertz CT molecular complexity index is 1020. The van der Waals surface area contributed by atoms with Gasteiger partial charge >= 0.3 is 0 Å². The number of nitrogens with two attached hydrogens (primary N) is 1. The number of rotatable bonds is 2. The number of H-pyrrole nitrogens is 1. The topological polar surface area (TPSA) is 54.3 Å². The molecule has 0 aliphatic carbocycles. The van der Waals surface area contributed by atoms with Gasteiger partial charge in [-0.05, 0) is 36.2 Å². The lowest BCUT2D eigenvalue weighted by molar-refractivity contribution is -0.0547. The smallest absolute Gasteiger partial charge is 0.129 e. The quantitative estimate of drug-likeness (QED) is 0.710. The Morgan fingerprint density at radius 1 is 1.14 bits per heavy atom. The highest BCUT2D eigenvalue weighted by molar-refractivity contribution is 5.84. The minimum Gasteiger partial charge on any atom is -0.370 e. The third-order valence-corrected chi connectivity index (χ3v) is 6.09. The molecule has 0 radical (unpaired) electrons. The molecule has 3 atom stereocenters. The Morgan fingerprint density at radius 2 is 2.00 bits per heavy atom. The maximum atomic E-state index is 14.1. The molecule has 146 valence electrons. The number of benzene rings is 2. The van der Waals surface area contributed by atoms with Gasteiger partial charge in [0.25, 0.3) is 0 Å². The van der Waals surface area contributed by atoms with Crippen LogP contribution in [0.3, 0.4) is 0 Å². The summed E-state index contributed by atoms with van der Waals surface area (Å²) in [6.45, 7) is 2.24. The van der Waals surface area contributed by atoms with Gasteiger partial charge in [-0.15, -0.1) is 0 Å². The first-order valence-electron chi connectivity index (χ1n) is 9.75. The van der Waals surface area contributed by atoms with Crippen LogP contribution in [-0.2, 0) is 17.7 Å². The molecule has 1 fully saturated rings. The van der Waals surface area contributed by atoms with Gasteiger partial charge in [-0.1, -0.05) is 18.2 Å². The van der Waals surface area contributed by atoms with E-state index in [1.807, 2.05) is 6.07 Å². The van der Waals surface area contributed by atoms with Gasteiger partial charge in [0.05, 0.1) is 6.61 Å². The lowest BCUT2D eigenvalue weighted by Gasteiger charge is -2.41. The SMILES string of the molecule is N[C@H]1C[C@@H](N2CCc3[nH]c4ccccc4c3C2)CO[C@@H]1c1cc(F)ccc1F. The molecule has 28 heavy (non-hydrogen) atoms. The zero-order valence-electron chi connectivity index (χ0n) is 15.5. The van der Waals surface area contributed by atoms with Crippen molar-refractivity contribution in [1.29, 1.82) is 0 Å². The number of hydrogen-bond acceptors (Lipinski definition) is 3. The number of aromatic nitrogens is 1. The molecular weight excluding hydrogens is 360 g/mol. The maximum absolute atomic E-state index is 14.1. The van der Waals surface area contributed by atoms with E-state index in [0.29, 0.717) is 13.0 Å². The fourth-order valence-electron chi connectivity index (χ4n) is 4.65. The first kappa shape index (κ1) is 17.8. The highest BCUT2D eigenvalue weighted by Crippen LogP contribution is 2.34. The standard InChI is InChI=1S/C22H23F2N3O/c23-13-5-6-18(24)16(9-13)22-19(25)10-14(12-28-22)27-8-7-21-17(11-27)15-3-1-2-4-20(15)26-21/h1-6,9,14,19,22,26H,7-8,10-12,25H2/t14-,19+,22-/m1/s1. The van der Waals surface area contributed by atoms with Gasteiger partial charge in [0.2, 0.25) is 0 Å². The molecular formula is C22H23F2N3O. The fourth-order valence-corrected chi connectivity index (χ4v) is 4.65. The molecule has 5 rings (SSSR count). The highest BCUT2D eigenvalue weighted by atomic mass is 19.1. The van der Waals surface area contributed by atoms with Crippen LogP contribution in [0.15, 0.2) is 42.5 Å². The van der Waals surface area contributed by atoms with Crippen molar-refractivity contribution in [2.24, 2.45) is 5.73 Å². The Kier molecular flexibility index (Phi) is 4.42. The average molecular weight is 383 g/mol. The van der Waals surface area contributed by atoms with E-state index in [-0.39, 0.29) is 17.6 Å². The molecule has 0 unspecified atom stereocenters. The minimum atomic E-state index is -0.611. The van der Waals surface area contributed by atoms with Gasteiger partial charge in [-0.2, -0.15) is 0 Å². The van der Waals surface area contributed by atoms with Crippen LogP contribution in [0.5, 0.6) is 0 Å². The summed E-state index contributed by atoms with van der Waals surface area (Å²) < 4.78 is 33.7. The molecule has 0 saturated carbocycles. The molecule has 2 aliphatic heterocycles. The first-order chi connectivity index (χ1) is 13.6. The molecule has 0 spiro atoms. The summed E-state index contributed by atoms with van der Waals surface area (Å²) in [7, 11) is 0. The van der Waals surface area contributed by atoms with E-state index in [1.54, 1.807) is 0 Å². The zero-order valence-corrected chi connectivity index (χ0v) is 15.5. The lowest BCUT2D eigenvalue weighted by Crippen LogP contribution is -2.50. The number of nitrogens with zero attached hydrogens (tertiary/aromatic N) is 1. The molecule has 2 aromatic carbocycles. The van der Waals surface area contributed by atoms with Crippen LogP contribution in [0.2, 0.25) is 0 Å². The third-order valence-electron chi connectivity index (χ3n) is 6.09. The van der Waals surface area contributed by atoms with Gasteiger partial charge in [0.1, 0.15) is 17.7 Å². The van der Waals surface area contributed by atoms with Gasteiger partial charge in [-0.25, -0.2) is 8.78 Å². The van der Waals surface area contributed by atoms with Gasteiger partial charge in [-0.3, -0.25) is 4.90 Å². The second-order valence-electron chi connectivity index (χ2n) is 7.82. The van der Waals surface area contributed by atoms with Crippen LogP contribution in [0.25, 0.3) is 10.9 Å². The lowest BCUT2D eigenvalue weighted by atomic mass is 9.92. The van der Waals surface area contributed by atoms with Crippen molar-refractivity contribution in [2.45, 2.75) is 37.6 Å². The summed E-state index contributed by atoms with van der Waals surface area (Å²) in [6.07, 6.45) is 1.04. The van der Waals surface area contributed by atoms with E-state index in [2.05, 4.69) is 28.1 Å². The van der Waals surface area contributed by atoms with Crippen LogP contribution >= 0.6 is 0 Å². The molecule has 3 N–H and O–H groups in total. The first-order valence-corrected chi connectivity index (χ1v) is 9.75. The maximum Gasteiger partial charge on any atom is 0.129 e. The number of ether oxygens (including phenoxy) is 1. The predicted molar refractivity (Wildman–Crippen MR) is 104 cm³/mol. The van der Waals surface area contributed by atoms with Crippen LogP contribution in [-0.4, -0.2) is 35.1 Å². The van der Waals surface area contributed by atoms with Crippen LogP contribution in [0.1, 0.15) is 29.3 Å². The molecule has 2 aliphatic rings. The summed E-state index contributed by atoms with van der Waals surface area (Å²) in [5.41, 5.74) is 10.4. The Hall–Kier alpha value is -2.28. The minimum absolute atomic E-state index is 0.171. The molecule has 3 aromatic rings. The number of hydrogen-bond donors (Lipinski definition) is 2. The third kappa shape index (κ3) is 3.02. The molecule has 1 saturated heterocycles. The molecule has 3 heterocycles. The van der Waals surface area contributed by atoms with Crippen molar-refractivity contribution in [3.05, 3.63) is 70.9 Å². The summed E-state index contributed by atoms with van der Waals surface area (Å²) in [6, 6.07) is 11.6. The van der Waals surface area contributed by atoms with Crippen LogP contribution in [0, 0.1) is 11.6 Å². The Labute approximate surface area is 162 Å². The number of aromatic amines is 1. The number of fused-ring (bicyclic) bond motifs is 3.